The minimum atomic E-state index is -1.66. The minimum Gasteiger partial charge on any atom is -0.508 e. The Morgan fingerprint density at radius 1 is 0.875 bits per heavy atom. The quantitative estimate of drug-likeness (QED) is 0.276. The highest BCUT2D eigenvalue weighted by Gasteiger charge is 2.46. The van der Waals surface area contributed by atoms with Gasteiger partial charge in [-0.2, -0.15) is 0 Å². The highest BCUT2D eigenvalue weighted by atomic mass is 16.7. The first-order chi connectivity index (χ1) is 15.2. The summed E-state index contributed by atoms with van der Waals surface area (Å²) in [5, 5.41) is 79.4. The van der Waals surface area contributed by atoms with E-state index in [1.165, 1.54) is 24.3 Å². The van der Waals surface area contributed by atoms with Gasteiger partial charge in [-0.05, 0) is 17.7 Å². The molecule has 2 aromatic rings. The standard InChI is InChI=1S/C21H24O11/c22-7-16-17(27)18(28)19(29)21(32-16)31-15-6-10-12(25)4-9(23)5-14(10)30-20(15)8-1-2-11(24)13(26)3-8/h1-5,15-29H,6-7H2/t15?,16-,17-,18+,19-,20?,21-/m1/s1. The molecule has 11 heteroatoms. The fraction of sp³-hybridized carbons (Fsp3) is 0.429. The molecule has 0 bridgehead atoms. The Morgan fingerprint density at radius 2 is 1.62 bits per heavy atom. The van der Waals surface area contributed by atoms with Gasteiger partial charge in [0, 0.05) is 24.1 Å². The van der Waals surface area contributed by atoms with Crippen molar-refractivity contribution in [3.63, 3.8) is 0 Å². The van der Waals surface area contributed by atoms with Gasteiger partial charge in [-0.15, -0.1) is 0 Å². The number of aliphatic hydroxyl groups excluding tert-OH is 4. The van der Waals surface area contributed by atoms with Crippen LogP contribution in [0.25, 0.3) is 0 Å². The lowest BCUT2D eigenvalue weighted by Gasteiger charge is -2.43. The van der Waals surface area contributed by atoms with E-state index >= 15 is 0 Å². The molecule has 2 aliphatic heterocycles. The van der Waals surface area contributed by atoms with Crippen LogP contribution in [0.5, 0.6) is 28.7 Å². The van der Waals surface area contributed by atoms with Gasteiger partial charge in [-0.1, -0.05) is 6.07 Å². The average molecular weight is 452 g/mol. The molecule has 0 spiro atoms. The summed E-state index contributed by atoms with van der Waals surface area (Å²) in [6.07, 6.45) is -9.41. The van der Waals surface area contributed by atoms with Crippen LogP contribution in [0.2, 0.25) is 0 Å². The van der Waals surface area contributed by atoms with E-state index in [0.29, 0.717) is 11.1 Å². The molecule has 0 radical (unpaired) electrons. The number of rotatable bonds is 4. The van der Waals surface area contributed by atoms with E-state index < -0.39 is 55.3 Å². The van der Waals surface area contributed by atoms with Crippen molar-refractivity contribution < 1.29 is 55.1 Å². The van der Waals surface area contributed by atoms with Gasteiger partial charge in [-0.25, -0.2) is 0 Å². The van der Waals surface area contributed by atoms with E-state index in [0.717, 1.165) is 6.07 Å². The fourth-order valence-corrected chi connectivity index (χ4v) is 3.92. The van der Waals surface area contributed by atoms with Gasteiger partial charge in [0.1, 0.15) is 47.8 Å². The smallest absolute Gasteiger partial charge is 0.187 e. The minimum absolute atomic E-state index is 0.0166. The van der Waals surface area contributed by atoms with Crippen LogP contribution >= 0.6 is 0 Å². The molecule has 2 heterocycles. The molecule has 1 fully saturated rings. The summed E-state index contributed by atoms with van der Waals surface area (Å²) in [4.78, 5) is 0. The van der Waals surface area contributed by atoms with Crippen LogP contribution in [-0.4, -0.2) is 84.3 Å². The zero-order valence-corrected chi connectivity index (χ0v) is 16.6. The Labute approximate surface area is 181 Å². The average Bonchev–Trinajstić information content (AvgIpc) is 2.76. The monoisotopic (exact) mass is 452 g/mol. The van der Waals surface area contributed by atoms with Crippen molar-refractivity contribution in [1.82, 2.24) is 0 Å². The Hall–Kier alpha value is -2.80. The van der Waals surface area contributed by atoms with Crippen LogP contribution in [0.1, 0.15) is 17.2 Å². The largest absolute Gasteiger partial charge is 0.508 e. The molecule has 174 valence electrons. The highest BCUT2D eigenvalue weighted by molar-refractivity contribution is 5.52. The molecule has 1 saturated heterocycles. The summed E-state index contributed by atoms with van der Waals surface area (Å²) in [6, 6.07) is 6.38. The number of hydrogen-bond acceptors (Lipinski definition) is 11. The molecule has 7 atom stereocenters. The molecule has 0 aliphatic carbocycles. The number of phenolic OH excluding ortho intramolecular Hbond substituents is 4. The number of aromatic hydroxyl groups is 4. The van der Waals surface area contributed by atoms with E-state index in [-0.39, 0.29) is 29.4 Å². The summed E-state index contributed by atoms with van der Waals surface area (Å²) in [5.41, 5.74) is 0.667. The maximum absolute atomic E-state index is 10.3. The van der Waals surface area contributed by atoms with Crippen LogP contribution in [-0.2, 0) is 15.9 Å². The number of hydrogen-bond donors (Lipinski definition) is 8. The van der Waals surface area contributed by atoms with E-state index in [2.05, 4.69) is 0 Å². The summed E-state index contributed by atoms with van der Waals surface area (Å²) in [7, 11) is 0. The first-order valence-corrected chi connectivity index (χ1v) is 9.89. The molecule has 8 N–H and O–H groups in total. The Morgan fingerprint density at radius 3 is 2.31 bits per heavy atom. The summed E-state index contributed by atoms with van der Waals surface area (Å²) < 4.78 is 17.2. The van der Waals surface area contributed by atoms with Crippen LogP contribution in [0.3, 0.4) is 0 Å². The third-order valence-corrected chi connectivity index (χ3v) is 5.65. The lowest BCUT2D eigenvalue weighted by atomic mass is 9.93. The maximum Gasteiger partial charge on any atom is 0.187 e. The Balaban J connectivity index is 1.68. The summed E-state index contributed by atoms with van der Waals surface area (Å²) in [6.45, 7) is -0.635. The number of aliphatic hydroxyl groups is 4. The van der Waals surface area contributed by atoms with Crippen molar-refractivity contribution in [3.8, 4) is 28.7 Å². The Kier molecular flexibility index (Phi) is 6.03. The lowest BCUT2D eigenvalue weighted by molar-refractivity contribution is -0.317. The van der Waals surface area contributed by atoms with Crippen molar-refractivity contribution in [1.29, 1.82) is 0 Å². The fourth-order valence-electron chi connectivity index (χ4n) is 3.92. The highest BCUT2D eigenvalue weighted by Crippen LogP contribution is 2.44. The van der Waals surface area contributed by atoms with Gasteiger partial charge in [0.2, 0.25) is 0 Å². The predicted molar refractivity (Wildman–Crippen MR) is 105 cm³/mol. The first-order valence-electron chi connectivity index (χ1n) is 9.89. The second-order valence-corrected chi connectivity index (χ2v) is 7.80. The number of benzene rings is 2. The van der Waals surface area contributed by atoms with Gasteiger partial charge in [-0.3, -0.25) is 0 Å². The maximum atomic E-state index is 10.3. The zero-order valence-electron chi connectivity index (χ0n) is 16.6. The second-order valence-electron chi connectivity index (χ2n) is 7.80. The van der Waals surface area contributed by atoms with Crippen LogP contribution in [0, 0.1) is 0 Å². The Bertz CT molecular complexity index is 978. The molecule has 0 amide bonds. The van der Waals surface area contributed by atoms with Gasteiger partial charge in [0.05, 0.1) is 6.61 Å². The zero-order chi connectivity index (χ0) is 23.2. The second kappa shape index (κ2) is 8.62. The summed E-state index contributed by atoms with van der Waals surface area (Å²) >= 11 is 0. The third kappa shape index (κ3) is 4.01. The van der Waals surface area contributed by atoms with Crippen molar-refractivity contribution in [2.75, 3.05) is 6.61 Å². The van der Waals surface area contributed by atoms with E-state index in [9.17, 15) is 40.9 Å². The number of phenols is 4. The predicted octanol–water partition coefficient (Wildman–Crippen LogP) is -0.630. The lowest BCUT2D eigenvalue weighted by Crippen LogP contribution is -2.60. The van der Waals surface area contributed by atoms with Gasteiger partial charge in [0.25, 0.3) is 0 Å². The normalized spacial score (nSPS) is 32.2. The SMILES string of the molecule is OC[C@H]1O[C@@H](OC2Cc3c(O)cc(O)cc3OC2c2ccc(O)c(O)c2)[C@H](O)[C@@H](O)[C@@H]1O. The van der Waals surface area contributed by atoms with Crippen LogP contribution < -0.4 is 4.74 Å². The number of fused-ring (bicyclic) bond motifs is 1. The molecule has 2 aromatic carbocycles. The van der Waals surface area contributed by atoms with Crippen molar-refractivity contribution >= 4 is 0 Å². The van der Waals surface area contributed by atoms with Gasteiger partial charge in [0.15, 0.2) is 23.9 Å². The van der Waals surface area contributed by atoms with E-state index in [1.54, 1.807) is 0 Å². The molecular weight excluding hydrogens is 428 g/mol. The molecule has 2 aliphatic rings. The van der Waals surface area contributed by atoms with E-state index in [1.807, 2.05) is 0 Å². The van der Waals surface area contributed by atoms with Crippen LogP contribution in [0.4, 0.5) is 0 Å². The molecule has 4 rings (SSSR count). The molecule has 0 aromatic heterocycles. The van der Waals surface area contributed by atoms with Crippen molar-refractivity contribution in [2.24, 2.45) is 0 Å². The molecule has 32 heavy (non-hydrogen) atoms. The molecular formula is C21H24O11. The van der Waals surface area contributed by atoms with Gasteiger partial charge >= 0.3 is 0 Å². The molecule has 2 unspecified atom stereocenters. The number of ether oxygens (including phenoxy) is 3. The molecule has 11 nitrogen and oxygen atoms in total. The summed E-state index contributed by atoms with van der Waals surface area (Å²) in [5.74, 6) is -1.10. The van der Waals surface area contributed by atoms with Crippen molar-refractivity contribution in [2.45, 2.75) is 49.3 Å². The third-order valence-electron chi connectivity index (χ3n) is 5.65. The van der Waals surface area contributed by atoms with Gasteiger partial charge < -0.3 is 55.1 Å². The van der Waals surface area contributed by atoms with Crippen molar-refractivity contribution in [3.05, 3.63) is 41.5 Å². The molecule has 0 saturated carbocycles. The topological polar surface area (TPSA) is 190 Å². The first kappa shape index (κ1) is 22.4. The van der Waals surface area contributed by atoms with E-state index in [4.69, 9.17) is 14.2 Å². The van der Waals surface area contributed by atoms with Crippen LogP contribution in [0.15, 0.2) is 30.3 Å².